The standard InChI is InChI=1S/C15H23BrN2O/c1-15(2,19)10-18(3)14-7-4-12(16)8-11(14)9-17-13-5-6-13/h4,7-8,13,17,19H,5-6,9-10H2,1-3H3. The van der Waals surface area contributed by atoms with Crippen LogP contribution in [0.3, 0.4) is 0 Å². The van der Waals surface area contributed by atoms with E-state index in [1.807, 2.05) is 20.9 Å². The SMILES string of the molecule is CN(CC(C)(C)O)c1ccc(Br)cc1CNC1CC1. The molecule has 3 nitrogen and oxygen atoms in total. The predicted octanol–water partition coefficient (Wildman–Crippen LogP) is 2.91. The van der Waals surface area contributed by atoms with E-state index in [-0.39, 0.29) is 0 Å². The number of likely N-dealkylation sites (N-methyl/N-ethyl adjacent to an activating group) is 1. The highest BCUT2D eigenvalue weighted by Gasteiger charge is 2.22. The molecule has 1 aliphatic rings. The summed E-state index contributed by atoms with van der Waals surface area (Å²) >= 11 is 3.53. The molecule has 0 aromatic heterocycles. The molecule has 1 saturated carbocycles. The van der Waals surface area contributed by atoms with E-state index in [0.29, 0.717) is 12.6 Å². The first-order valence-electron chi connectivity index (χ1n) is 6.80. The quantitative estimate of drug-likeness (QED) is 0.843. The fraction of sp³-hybridized carbons (Fsp3) is 0.600. The van der Waals surface area contributed by atoms with Gasteiger partial charge in [0, 0.05) is 36.3 Å². The van der Waals surface area contributed by atoms with Crippen molar-refractivity contribution in [1.29, 1.82) is 0 Å². The molecule has 1 aromatic rings. The summed E-state index contributed by atoms with van der Waals surface area (Å²) in [6, 6.07) is 7.02. The molecule has 0 bridgehead atoms. The van der Waals surface area contributed by atoms with Gasteiger partial charge in [-0.25, -0.2) is 0 Å². The van der Waals surface area contributed by atoms with Crippen LogP contribution in [0, 0.1) is 0 Å². The fourth-order valence-electron chi connectivity index (χ4n) is 2.28. The minimum Gasteiger partial charge on any atom is -0.389 e. The molecule has 1 fully saturated rings. The number of benzene rings is 1. The van der Waals surface area contributed by atoms with Gasteiger partial charge in [0.25, 0.3) is 0 Å². The van der Waals surface area contributed by atoms with Crippen molar-refractivity contribution in [2.45, 2.75) is 44.9 Å². The lowest BCUT2D eigenvalue weighted by Gasteiger charge is -2.29. The van der Waals surface area contributed by atoms with Crippen molar-refractivity contribution < 1.29 is 5.11 Å². The van der Waals surface area contributed by atoms with E-state index in [0.717, 1.165) is 11.0 Å². The molecule has 0 radical (unpaired) electrons. The van der Waals surface area contributed by atoms with E-state index in [9.17, 15) is 5.11 Å². The lowest BCUT2D eigenvalue weighted by atomic mass is 10.1. The van der Waals surface area contributed by atoms with Crippen LogP contribution in [0.5, 0.6) is 0 Å². The predicted molar refractivity (Wildman–Crippen MR) is 83.6 cm³/mol. The minimum atomic E-state index is -0.691. The van der Waals surface area contributed by atoms with Crippen LogP contribution in [0.4, 0.5) is 5.69 Å². The highest BCUT2D eigenvalue weighted by Crippen LogP contribution is 2.26. The summed E-state index contributed by atoms with van der Waals surface area (Å²) in [6.45, 7) is 5.18. The van der Waals surface area contributed by atoms with Crippen LogP contribution in [0.25, 0.3) is 0 Å². The van der Waals surface area contributed by atoms with Crippen LogP contribution in [-0.4, -0.2) is 30.3 Å². The first-order chi connectivity index (χ1) is 8.85. The first kappa shape index (κ1) is 14.8. The average molecular weight is 327 g/mol. The monoisotopic (exact) mass is 326 g/mol. The van der Waals surface area contributed by atoms with E-state index in [4.69, 9.17) is 0 Å². The van der Waals surface area contributed by atoms with Crippen LogP contribution >= 0.6 is 15.9 Å². The van der Waals surface area contributed by atoms with E-state index < -0.39 is 5.60 Å². The summed E-state index contributed by atoms with van der Waals surface area (Å²) in [5.41, 5.74) is 1.76. The second-order valence-electron chi connectivity index (χ2n) is 6.10. The summed E-state index contributed by atoms with van der Waals surface area (Å²) in [7, 11) is 2.03. The second-order valence-corrected chi connectivity index (χ2v) is 7.01. The maximum absolute atomic E-state index is 9.96. The van der Waals surface area contributed by atoms with Gasteiger partial charge in [0.05, 0.1) is 5.60 Å². The number of hydrogen-bond donors (Lipinski definition) is 2. The molecule has 2 rings (SSSR count). The maximum atomic E-state index is 9.96. The topological polar surface area (TPSA) is 35.5 Å². The van der Waals surface area contributed by atoms with Gasteiger partial charge in [-0.3, -0.25) is 0 Å². The smallest absolute Gasteiger partial charge is 0.0765 e. The molecule has 0 unspecified atom stereocenters. The van der Waals surface area contributed by atoms with E-state index in [1.54, 1.807) is 0 Å². The van der Waals surface area contributed by atoms with Gasteiger partial charge in [-0.05, 0) is 50.5 Å². The summed E-state index contributed by atoms with van der Waals surface area (Å²) in [5.74, 6) is 0. The Morgan fingerprint density at radius 2 is 2.11 bits per heavy atom. The van der Waals surface area contributed by atoms with Gasteiger partial charge >= 0.3 is 0 Å². The Balaban J connectivity index is 2.12. The van der Waals surface area contributed by atoms with Gasteiger partial charge in [0.15, 0.2) is 0 Å². The summed E-state index contributed by atoms with van der Waals surface area (Å²) in [4.78, 5) is 2.12. The minimum absolute atomic E-state index is 0.616. The van der Waals surface area contributed by atoms with Gasteiger partial charge in [-0.1, -0.05) is 15.9 Å². The Labute approximate surface area is 124 Å². The third-order valence-corrected chi connectivity index (χ3v) is 3.73. The third-order valence-electron chi connectivity index (χ3n) is 3.24. The van der Waals surface area contributed by atoms with Gasteiger partial charge in [0.1, 0.15) is 0 Å². The zero-order chi connectivity index (χ0) is 14.0. The van der Waals surface area contributed by atoms with Crippen molar-refractivity contribution in [3.8, 4) is 0 Å². The number of halogens is 1. The molecule has 0 spiro atoms. The average Bonchev–Trinajstić information content (AvgIpc) is 3.07. The van der Waals surface area contributed by atoms with Gasteiger partial charge in [0.2, 0.25) is 0 Å². The van der Waals surface area contributed by atoms with Crippen molar-refractivity contribution in [3.63, 3.8) is 0 Å². The normalized spacial score (nSPS) is 15.6. The largest absolute Gasteiger partial charge is 0.389 e. The second kappa shape index (κ2) is 5.81. The lowest BCUT2D eigenvalue weighted by Crippen LogP contribution is -2.36. The summed E-state index contributed by atoms with van der Waals surface area (Å²) in [5, 5.41) is 13.5. The molecule has 1 aromatic carbocycles. The highest BCUT2D eigenvalue weighted by atomic mass is 79.9. The molecular weight excluding hydrogens is 304 g/mol. The summed E-state index contributed by atoms with van der Waals surface area (Å²) in [6.07, 6.45) is 2.59. The van der Waals surface area contributed by atoms with Crippen molar-refractivity contribution in [2.24, 2.45) is 0 Å². The van der Waals surface area contributed by atoms with Crippen LogP contribution < -0.4 is 10.2 Å². The molecule has 1 aliphatic carbocycles. The number of aliphatic hydroxyl groups is 1. The zero-order valence-corrected chi connectivity index (χ0v) is 13.5. The Hall–Kier alpha value is -0.580. The van der Waals surface area contributed by atoms with Crippen molar-refractivity contribution in [2.75, 3.05) is 18.5 Å². The number of nitrogens with zero attached hydrogens (tertiary/aromatic N) is 1. The van der Waals surface area contributed by atoms with E-state index in [1.165, 1.54) is 24.1 Å². The molecule has 2 N–H and O–H groups in total. The van der Waals surface area contributed by atoms with E-state index >= 15 is 0 Å². The third kappa shape index (κ3) is 4.79. The molecule has 0 atom stereocenters. The highest BCUT2D eigenvalue weighted by molar-refractivity contribution is 9.10. The molecule has 0 amide bonds. The maximum Gasteiger partial charge on any atom is 0.0765 e. The Kier molecular flexibility index (Phi) is 4.54. The molecule has 0 heterocycles. The zero-order valence-electron chi connectivity index (χ0n) is 11.9. The summed E-state index contributed by atoms with van der Waals surface area (Å²) < 4.78 is 1.10. The van der Waals surface area contributed by atoms with Crippen molar-refractivity contribution in [3.05, 3.63) is 28.2 Å². The molecule has 0 saturated heterocycles. The van der Waals surface area contributed by atoms with Gasteiger partial charge in [-0.15, -0.1) is 0 Å². The number of hydrogen-bond acceptors (Lipinski definition) is 3. The van der Waals surface area contributed by atoms with Crippen molar-refractivity contribution in [1.82, 2.24) is 5.32 Å². The Morgan fingerprint density at radius 3 is 2.68 bits per heavy atom. The van der Waals surface area contributed by atoms with Gasteiger partial charge in [-0.2, -0.15) is 0 Å². The Bertz CT molecular complexity index is 438. The van der Waals surface area contributed by atoms with Crippen LogP contribution in [-0.2, 0) is 6.54 Å². The van der Waals surface area contributed by atoms with Crippen LogP contribution in [0.2, 0.25) is 0 Å². The lowest BCUT2D eigenvalue weighted by molar-refractivity contribution is 0.0886. The number of nitrogens with one attached hydrogen (secondary N) is 1. The Morgan fingerprint density at radius 1 is 1.42 bits per heavy atom. The van der Waals surface area contributed by atoms with Crippen molar-refractivity contribution >= 4 is 21.6 Å². The fourth-order valence-corrected chi connectivity index (χ4v) is 2.68. The van der Waals surface area contributed by atoms with E-state index in [2.05, 4.69) is 44.3 Å². The molecule has 19 heavy (non-hydrogen) atoms. The van der Waals surface area contributed by atoms with Crippen LogP contribution in [0.15, 0.2) is 22.7 Å². The molecule has 4 heteroatoms. The molecule has 106 valence electrons. The first-order valence-corrected chi connectivity index (χ1v) is 7.60. The van der Waals surface area contributed by atoms with Crippen LogP contribution in [0.1, 0.15) is 32.3 Å². The number of rotatable bonds is 6. The molecular formula is C15H23BrN2O. The van der Waals surface area contributed by atoms with Gasteiger partial charge < -0.3 is 15.3 Å². The molecule has 0 aliphatic heterocycles. The number of anilines is 1.